The number of hydrazone groups is 1. The fraction of sp³-hybridized carbons (Fsp3) is 0.467. The molecule has 6 heteroatoms. The van der Waals surface area contributed by atoms with Crippen LogP contribution < -0.4 is 15.5 Å². The molecule has 0 heterocycles. The van der Waals surface area contributed by atoms with E-state index in [1.807, 2.05) is 38.1 Å². The standard InChI is InChI=1S/C15H23N3O2S/c1-3-19-11-5-10-16-15(21)18-17-12-13-6-8-14(9-7-13)20-4-2/h6-9,12H,3-5,10-11H2,1-2H3,(H2,16,18,21)/b17-12-. The van der Waals surface area contributed by atoms with Crippen LogP contribution in [0, 0.1) is 0 Å². The fourth-order valence-electron chi connectivity index (χ4n) is 1.54. The van der Waals surface area contributed by atoms with Crippen LogP contribution in [0.1, 0.15) is 25.8 Å². The molecule has 0 unspecified atom stereocenters. The molecule has 116 valence electrons. The highest BCUT2D eigenvalue weighted by Crippen LogP contribution is 2.10. The third-order valence-corrected chi connectivity index (χ3v) is 2.76. The van der Waals surface area contributed by atoms with Gasteiger partial charge in [0.05, 0.1) is 12.8 Å². The summed E-state index contributed by atoms with van der Waals surface area (Å²) < 4.78 is 10.6. The normalized spacial score (nSPS) is 10.6. The summed E-state index contributed by atoms with van der Waals surface area (Å²) >= 11 is 5.11. The van der Waals surface area contributed by atoms with Gasteiger partial charge in [0.25, 0.3) is 0 Å². The van der Waals surface area contributed by atoms with Crippen LogP contribution in [0.25, 0.3) is 0 Å². The Morgan fingerprint density at radius 3 is 2.67 bits per heavy atom. The van der Waals surface area contributed by atoms with E-state index in [1.165, 1.54) is 0 Å². The summed E-state index contributed by atoms with van der Waals surface area (Å²) in [5, 5.41) is 7.65. The number of ether oxygens (including phenoxy) is 2. The minimum absolute atomic E-state index is 0.508. The zero-order chi connectivity index (χ0) is 15.3. The molecule has 0 radical (unpaired) electrons. The first-order chi connectivity index (χ1) is 10.3. The van der Waals surface area contributed by atoms with Crippen molar-refractivity contribution in [2.75, 3.05) is 26.4 Å². The lowest BCUT2D eigenvalue weighted by molar-refractivity contribution is 0.145. The van der Waals surface area contributed by atoms with Crippen LogP contribution in [0.5, 0.6) is 5.75 Å². The molecule has 2 N–H and O–H groups in total. The lowest BCUT2D eigenvalue weighted by Gasteiger charge is -2.06. The molecule has 0 spiro atoms. The number of nitrogens with one attached hydrogen (secondary N) is 2. The van der Waals surface area contributed by atoms with Crippen molar-refractivity contribution in [1.29, 1.82) is 0 Å². The van der Waals surface area contributed by atoms with Crippen LogP contribution >= 0.6 is 12.2 Å². The average molecular weight is 309 g/mol. The van der Waals surface area contributed by atoms with Gasteiger partial charge in [-0.1, -0.05) is 0 Å². The highest BCUT2D eigenvalue weighted by Gasteiger charge is 1.94. The summed E-state index contributed by atoms with van der Waals surface area (Å²) in [5.74, 6) is 0.856. The Hall–Kier alpha value is -1.66. The number of hydrogen-bond acceptors (Lipinski definition) is 4. The van der Waals surface area contributed by atoms with Crippen LogP contribution in [0.3, 0.4) is 0 Å². The summed E-state index contributed by atoms with van der Waals surface area (Å²) in [6.07, 6.45) is 2.63. The van der Waals surface area contributed by atoms with Crippen molar-refractivity contribution in [3.8, 4) is 5.75 Å². The molecule has 5 nitrogen and oxygen atoms in total. The smallest absolute Gasteiger partial charge is 0.186 e. The van der Waals surface area contributed by atoms with E-state index in [2.05, 4.69) is 15.8 Å². The molecule has 0 fully saturated rings. The van der Waals surface area contributed by atoms with E-state index in [0.717, 1.165) is 37.5 Å². The molecule has 0 saturated heterocycles. The summed E-state index contributed by atoms with van der Waals surface area (Å²) in [4.78, 5) is 0. The maximum Gasteiger partial charge on any atom is 0.186 e. The van der Waals surface area contributed by atoms with Gasteiger partial charge in [0.15, 0.2) is 5.11 Å². The second kappa shape index (κ2) is 11.0. The zero-order valence-corrected chi connectivity index (χ0v) is 13.4. The Balaban J connectivity index is 2.22. The van der Waals surface area contributed by atoms with E-state index in [0.29, 0.717) is 11.7 Å². The molecule has 1 aromatic rings. The van der Waals surface area contributed by atoms with Gasteiger partial charge in [-0.05, 0) is 62.3 Å². The Bertz CT molecular complexity index is 435. The summed E-state index contributed by atoms with van der Waals surface area (Å²) in [6.45, 7) is 6.86. The zero-order valence-electron chi connectivity index (χ0n) is 12.6. The van der Waals surface area contributed by atoms with E-state index in [-0.39, 0.29) is 0 Å². The van der Waals surface area contributed by atoms with Gasteiger partial charge >= 0.3 is 0 Å². The maximum atomic E-state index is 5.37. The van der Waals surface area contributed by atoms with E-state index in [1.54, 1.807) is 6.21 Å². The number of benzene rings is 1. The largest absolute Gasteiger partial charge is 0.494 e. The third kappa shape index (κ3) is 8.27. The summed E-state index contributed by atoms with van der Waals surface area (Å²) in [6, 6.07) is 7.70. The first-order valence-corrected chi connectivity index (χ1v) is 7.54. The quantitative estimate of drug-likeness (QED) is 0.317. The van der Waals surface area contributed by atoms with E-state index < -0.39 is 0 Å². The van der Waals surface area contributed by atoms with Gasteiger partial charge in [-0.15, -0.1) is 0 Å². The van der Waals surface area contributed by atoms with Crippen molar-refractivity contribution in [3.05, 3.63) is 29.8 Å². The van der Waals surface area contributed by atoms with Gasteiger partial charge in [-0.3, -0.25) is 5.43 Å². The Morgan fingerprint density at radius 1 is 1.24 bits per heavy atom. The molecule has 0 aliphatic rings. The predicted octanol–water partition coefficient (Wildman–Crippen LogP) is 2.31. The monoisotopic (exact) mass is 309 g/mol. The summed E-state index contributed by atoms with van der Waals surface area (Å²) in [7, 11) is 0. The second-order valence-corrected chi connectivity index (χ2v) is 4.59. The van der Waals surface area contributed by atoms with Gasteiger partial charge in [-0.25, -0.2) is 0 Å². The minimum atomic E-state index is 0.508. The van der Waals surface area contributed by atoms with Gasteiger partial charge in [0.2, 0.25) is 0 Å². The number of rotatable bonds is 9. The highest BCUT2D eigenvalue weighted by molar-refractivity contribution is 7.80. The molecule has 0 saturated carbocycles. The molecule has 0 bridgehead atoms. The molecule has 0 amide bonds. The van der Waals surface area contributed by atoms with Gasteiger partial charge < -0.3 is 14.8 Å². The molecular weight excluding hydrogens is 286 g/mol. The van der Waals surface area contributed by atoms with Crippen LogP contribution in [0.2, 0.25) is 0 Å². The molecule has 1 aromatic carbocycles. The predicted molar refractivity (Wildman–Crippen MR) is 90.1 cm³/mol. The lowest BCUT2D eigenvalue weighted by atomic mass is 10.2. The van der Waals surface area contributed by atoms with Crippen LogP contribution in [0.4, 0.5) is 0 Å². The second-order valence-electron chi connectivity index (χ2n) is 4.18. The number of hydrogen-bond donors (Lipinski definition) is 2. The lowest BCUT2D eigenvalue weighted by Crippen LogP contribution is -2.33. The van der Waals surface area contributed by atoms with E-state index in [9.17, 15) is 0 Å². The molecule has 0 aliphatic carbocycles. The van der Waals surface area contributed by atoms with Crippen molar-refractivity contribution < 1.29 is 9.47 Å². The first-order valence-electron chi connectivity index (χ1n) is 7.13. The van der Waals surface area contributed by atoms with Crippen molar-refractivity contribution >= 4 is 23.5 Å². The third-order valence-electron chi connectivity index (χ3n) is 2.53. The fourth-order valence-corrected chi connectivity index (χ4v) is 1.70. The number of nitrogens with zero attached hydrogens (tertiary/aromatic N) is 1. The Labute approximate surface area is 131 Å². The van der Waals surface area contributed by atoms with Crippen LogP contribution in [-0.4, -0.2) is 37.7 Å². The topological polar surface area (TPSA) is 54.9 Å². The van der Waals surface area contributed by atoms with Crippen molar-refractivity contribution in [3.63, 3.8) is 0 Å². The van der Waals surface area contributed by atoms with Gasteiger partial charge in [0, 0.05) is 19.8 Å². The molecule has 1 rings (SSSR count). The highest BCUT2D eigenvalue weighted by atomic mass is 32.1. The Kier molecular flexibility index (Phi) is 9.15. The Morgan fingerprint density at radius 2 is 2.00 bits per heavy atom. The number of thiocarbonyl (C=S) groups is 1. The molecule has 21 heavy (non-hydrogen) atoms. The van der Waals surface area contributed by atoms with Gasteiger partial charge in [0.1, 0.15) is 5.75 Å². The van der Waals surface area contributed by atoms with Gasteiger partial charge in [-0.2, -0.15) is 5.10 Å². The maximum absolute atomic E-state index is 5.37. The molecular formula is C15H23N3O2S. The van der Waals surface area contributed by atoms with E-state index >= 15 is 0 Å². The molecule has 0 aliphatic heterocycles. The van der Waals surface area contributed by atoms with Crippen LogP contribution in [-0.2, 0) is 4.74 Å². The van der Waals surface area contributed by atoms with Crippen molar-refractivity contribution in [2.24, 2.45) is 5.10 Å². The molecule has 0 aromatic heterocycles. The van der Waals surface area contributed by atoms with E-state index in [4.69, 9.17) is 21.7 Å². The first kappa shape index (κ1) is 17.4. The summed E-state index contributed by atoms with van der Waals surface area (Å²) in [5.41, 5.74) is 3.76. The molecule has 0 atom stereocenters. The average Bonchev–Trinajstić information content (AvgIpc) is 2.49. The SMILES string of the molecule is CCOCCCNC(=S)N/N=C\c1ccc(OCC)cc1. The van der Waals surface area contributed by atoms with Crippen LogP contribution in [0.15, 0.2) is 29.4 Å². The van der Waals surface area contributed by atoms with Crippen molar-refractivity contribution in [2.45, 2.75) is 20.3 Å². The van der Waals surface area contributed by atoms with Crippen molar-refractivity contribution in [1.82, 2.24) is 10.7 Å². The minimum Gasteiger partial charge on any atom is -0.494 e.